The molecule has 2 aromatic rings. The van der Waals surface area contributed by atoms with E-state index in [0.717, 1.165) is 6.29 Å². The molecule has 1 aromatic carbocycles. The van der Waals surface area contributed by atoms with E-state index in [4.69, 9.17) is 4.74 Å². The Morgan fingerprint density at radius 3 is 2.53 bits per heavy atom. The lowest BCUT2D eigenvalue weighted by Gasteiger charge is -2.06. The molecule has 0 fully saturated rings. The second-order valence-corrected chi connectivity index (χ2v) is 3.65. The smallest absolute Gasteiger partial charge is 0.262 e. The predicted molar refractivity (Wildman–Crippen MR) is 68.0 cm³/mol. The largest absolute Gasteiger partial charge is 0.484 e. The van der Waals surface area contributed by atoms with Gasteiger partial charge in [-0.15, -0.1) is 0 Å². The van der Waals surface area contributed by atoms with Crippen LogP contribution in [0.5, 0.6) is 5.75 Å². The Kier molecular flexibility index (Phi) is 4.17. The van der Waals surface area contributed by atoms with Crippen LogP contribution >= 0.6 is 0 Å². The van der Waals surface area contributed by atoms with Gasteiger partial charge in [0.2, 0.25) is 0 Å². The number of nitrogens with zero attached hydrogens (tertiary/aromatic N) is 2. The molecule has 96 valence electrons. The molecular weight excluding hydrogens is 246 g/mol. The van der Waals surface area contributed by atoms with Gasteiger partial charge in [0.1, 0.15) is 18.4 Å². The lowest BCUT2D eigenvalue weighted by atomic mass is 10.2. The maximum Gasteiger partial charge on any atom is 0.262 e. The van der Waals surface area contributed by atoms with Crippen molar-refractivity contribution in [3.8, 4) is 5.75 Å². The molecule has 0 spiro atoms. The summed E-state index contributed by atoms with van der Waals surface area (Å²) in [6.45, 7) is -0.130. The molecule has 0 aliphatic carbocycles. The summed E-state index contributed by atoms with van der Waals surface area (Å²) in [5, 5.41) is 2.59. The first kappa shape index (κ1) is 12.7. The highest BCUT2D eigenvalue weighted by Gasteiger charge is 2.03. The molecule has 6 nitrogen and oxygen atoms in total. The van der Waals surface area contributed by atoms with Gasteiger partial charge < -0.3 is 10.1 Å². The van der Waals surface area contributed by atoms with Crippen LogP contribution in [0.1, 0.15) is 10.4 Å². The van der Waals surface area contributed by atoms with E-state index in [1.165, 1.54) is 18.7 Å². The Balaban J connectivity index is 1.84. The highest BCUT2D eigenvalue weighted by Crippen LogP contribution is 2.11. The number of carbonyl (C=O) groups is 2. The molecule has 1 N–H and O–H groups in total. The van der Waals surface area contributed by atoms with Crippen molar-refractivity contribution in [3.05, 3.63) is 48.5 Å². The summed E-state index contributed by atoms with van der Waals surface area (Å²) in [7, 11) is 0. The Morgan fingerprint density at radius 2 is 1.89 bits per heavy atom. The normalized spacial score (nSPS) is 9.68. The molecule has 1 heterocycles. The van der Waals surface area contributed by atoms with Gasteiger partial charge in [-0.2, -0.15) is 0 Å². The van der Waals surface area contributed by atoms with Crippen molar-refractivity contribution >= 4 is 17.9 Å². The maximum absolute atomic E-state index is 11.6. The van der Waals surface area contributed by atoms with Crippen molar-refractivity contribution in [3.63, 3.8) is 0 Å². The van der Waals surface area contributed by atoms with Crippen molar-refractivity contribution in [1.29, 1.82) is 0 Å². The van der Waals surface area contributed by atoms with E-state index in [2.05, 4.69) is 15.3 Å². The minimum absolute atomic E-state index is 0.130. The first-order chi connectivity index (χ1) is 9.28. The van der Waals surface area contributed by atoms with Crippen molar-refractivity contribution in [2.75, 3.05) is 11.9 Å². The third-order valence-corrected chi connectivity index (χ3v) is 2.23. The van der Waals surface area contributed by atoms with Gasteiger partial charge in [-0.1, -0.05) is 0 Å². The molecule has 0 bridgehead atoms. The van der Waals surface area contributed by atoms with Gasteiger partial charge in [-0.25, -0.2) is 9.97 Å². The van der Waals surface area contributed by atoms with Crippen LogP contribution in [-0.2, 0) is 4.79 Å². The first-order valence-electron chi connectivity index (χ1n) is 5.51. The lowest BCUT2D eigenvalue weighted by Crippen LogP contribution is -2.20. The van der Waals surface area contributed by atoms with Crippen molar-refractivity contribution in [2.45, 2.75) is 0 Å². The Hall–Kier alpha value is -2.76. The highest BCUT2D eigenvalue weighted by atomic mass is 16.5. The van der Waals surface area contributed by atoms with E-state index in [0.29, 0.717) is 17.0 Å². The molecule has 0 radical (unpaired) electrons. The Bertz CT molecular complexity index is 555. The van der Waals surface area contributed by atoms with Crippen molar-refractivity contribution < 1.29 is 14.3 Å². The van der Waals surface area contributed by atoms with E-state index in [9.17, 15) is 9.59 Å². The number of hydrogen-bond donors (Lipinski definition) is 1. The van der Waals surface area contributed by atoms with Crippen molar-refractivity contribution in [1.82, 2.24) is 9.97 Å². The van der Waals surface area contributed by atoms with Crippen LogP contribution in [0.4, 0.5) is 5.69 Å². The second-order valence-electron chi connectivity index (χ2n) is 3.65. The second kappa shape index (κ2) is 6.25. The van der Waals surface area contributed by atoms with Crippen molar-refractivity contribution in [2.24, 2.45) is 0 Å². The summed E-state index contributed by atoms with van der Waals surface area (Å²) in [5.74, 6) is 0.208. The highest BCUT2D eigenvalue weighted by molar-refractivity contribution is 5.91. The molecule has 0 aliphatic heterocycles. The van der Waals surface area contributed by atoms with E-state index >= 15 is 0 Å². The van der Waals surface area contributed by atoms with Gasteiger partial charge in [0.05, 0.1) is 18.1 Å². The van der Waals surface area contributed by atoms with Crippen LogP contribution in [0.2, 0.25) is 0 Å². The zero-order chi connectivity index (χ0) is 13.5. The van der Waals surface area contributed by atoms with Crippen LogP contribution in [0.3, 0.4) is 0 Å². The molecule has 0 atom stereocenters. The van der Waals surface area contributed by atoms with E-state index in [-0.39, 0.29) is 12.5 Å². The molecule has 1 amide bonds. The SMILES string of the molecule is O=Cc1ccc(OCC(=O)Nc2cncnc2)cc1. The van der Waals surface area contributed by atoms with Gasteiger partial charge in [-0.3, -0.25) is 9.59 Å². The van der Waals surface area contributed by atoms with Gasteiger partial charge in [0, 0.05) is 5.56 Å². The Labute approximate surface area is 109 Å². The first-order valence-corrected chi connectivity index (χ1v) is 5.51. The predicted octanol–water partition coefficient (Wildman–Crippen LogP) is 1.31. The zero-order valence-corrected chi connectivity index (χ0v) is 9.95. The monoisotopic (exact) mass is 257 g/mol. The maximum atomic E-state index is 11.6. The number of benzene rings is 1. The minimum Gasteiger partial charge on any atom is -0.484 e. The average molecular weight is 257 g/mol. The number of ether oxygens (including phenoxy) is 1. The number of nitrogens with one attached hydrogen (secondary N) is 1. The van der Waals surface area contributed by atoms with Crippen LogP contribution < -0.4 is 10.1 Å². The molecule has 0 saturated carbocycles. The molecular formula is C13H11N3O3. The van der Waals surface area contributed by atoms with Crippen LogP contribution in [0, 0.1) is 0 Å². The quantitative estimate of drug-likeness (QED) is 0.817. The number of amides is 1. The van der Waals surface area contributed by atoms with E-state index in [1.54, 1.807) is 24.3 Å². The van der Waals surface area contributed by atoms with E-state index < -0.39 is 0 Å². The summed E-state index contributed by atoms with van der Waals surface area (Å²) in [6.07, 6.45) is 5.10. The van der Waals surface area contributed by atoms with E-state index in [1.807, 2.05) is 0 Å². The number of anilines is 1. The summed E-state index contributed by atoms with van der Waals surface area (Å²) >= 11 is 0. The molecule has 0 aliphatic rings. The fourth-order valence-corrected chi connectivity index (χ4v) is 1.35. The number of aldehydes is 1. The molecule has 0 unspecified atom stereocenters. The van der Waals surface area contributed by atoms with Gasteiger partial charge in [0.15, 0.2) is 6.61 Å². The molecule has 19 heavy (non-hydrogen) atoms. The Morgan fingerprint density at radius 1 is 1.21 bits per heavy atom. The van der Waals surface area contributed by atoms with Crippen LogP contribution in [-0.4, -0.2) is 28.8 Å². The van der Waals surface area contributed by atoms with Crippen LogP contribution in [0.25, 0.3) is 0 Å². The summed E-state index contributed by atoms with van der Waals surface area (Å²) in [5.41, 5.74) is 1.06. The van der Waals surface area contributed by atoms with Gasteiger partial charge >= 0.3 is 0 Å². The molecule has 0 saturated heterocycles. The number of hydrogen-bond acceptors (Lipinski definition) is 5. The van der Waals surface area contributed by atoms with Crippen LogP contribution in [0.15, 0.2) is 43.0 Å². The summed E-state index contributed by atoms with van der Waals surface area (Å²) in [4.78, 5) is 29.6. The summed E-state index contributed by atoms with van der Waals surface area (Å²) in [6, 6.07) is 6.49. The minimum atomic E-state index is -0.311. The average Bonchev–Trinajstić information content (AvgIpc) is 2.47. The van der Waals surface area contributed by atoms with Gasteiger partial charge in [0.25, 0.3) is 5.91 Å². The standard InChI is InChI=1S/C13H11N3O3/c17-7-10-1-3-12(4-2-10)19-8-13(18)16-11-5-14-9-15-6-11/h1-7,9H,8H2,(H,16,18). The molecule has 2 rings (SSSR count). The third kappa shape index (κ3) is 3.88. The van der Waals surface area contributed by atoms with Gasteiger partial charge in [-0.05, 0) is 24.3 Å². The fourth-order valence-electron chi connectivity index (χ4n) is 1.35. The number of aromatic nitrogens is 2. The third-order valence-electron chi connectivity index (χ3n) is 2.23. The fraction of sp³-hybridized carbons (Fsp3) is 0.0769. The molecule has 1 aromatic heterocycles. The molecule has 6 heteroatoms. The number of carbonyl (C=O) groups excluding carboxylic acids is 2. The zero-order valence-electron chi connectivity index (χ0n) is 9.95. The number of rotatable bonds is 5. The topological polar surface area (TPSA) is 81.2 Å². The summed E-state index contributed by atoms with van der Waals surface area (Å²) < 4.78 is 5.27. The lowest BCUT2D eigenvalue weighted by molar-refractivity contribution is -0.118.